The topological polar surface area (TPSA) is 34.6 Å². The first kappa shape index (κ1) is 32.5. The van der Waals surface area contributed by atoms with Crippen LogP contribution in [-0.4, -0.2) is 4.40 Å². The molecule has 3 nitrogen and oxygen atoms in total. The number of para-hydroxylation sites is 3. The first-order valence-corrected chi connectivity index (χ1v) is 20.8. The van der Waals surface area contributed by atoms with Crippen molar-refractivity contribution in [1.29, 1.82) is 0 Å². The summed E-state index contributed by atoms with van der Waals surface area (Å²) in [4.78, 5) is 13.4. The van der Waals surface area contributed by atoms with Crippen LogP contribution < -0.4 is 5.43 Å². The molecule has 4 aromatic heterocycles. The van der Waals surface area contributed by atoms with E-state index in [2.05, 4.69) is 150 Å². The summed E-state index contributed by atoms with van der Waals surface area (Å²) in [6, 6.07) is 67.0. The van der Waals surface area contributed by atoms with E-state index in [0.717, 1.165) is 22.3 Å². The van der Waals surface area contributed by atoms with Gasteiger partial charge < -0.3 is 8.82 Å². The van der Waals surface area contributed by atoms with E-state index in [1.165, 1.54) is 80.5 Å². The summed E-state index contributed by atoms with van der Waals surface area (Å²) in [5, 5.41) is 8.90. The van der Waals surface area contributed by atoms with Gasteiger partial charge in [0, 0.05) is 41.7 Å². The molecule has 4 heteroatoms. The van der Waals surface area contributed by atoms with Crippen molar-refractivity contribution in [2.75, 3.05) is 0 Å². The second-order valence-corrected chi connectivity index (χ2v) is 16.7. The van der Waals surface area contributed by atoms with E-state index in [4.69, 9.17) is 4.42 Å². The van der Waals surface area contributed by atoms with Gasteiger partial charge in [0.05, 0.1) is 27.3 Å². The molecule has 0 saturated heterocycles. The highest BCUT2D eigenvalue weighted by atomic mass is 32.1. The summed E-state index contributed by atoms with van der Waals surface area (Å²) < 4.78 is 11.1. The Morgan fingerprint density at radius 3 is 1.49 bits per heavy atom. The molecule has 0 aliphatic carbocycles. The summed E-state index contributed by atoms with van der Waals surface area (Å²) in [5.41, 5.74) is 14.1. The maximum Gasteiger partial charge on any atom is 0.200 e. The first-order valence-electron chi connectivity index (χ1n) is 19.9. The van der Waals surface area contributed by atoms with Crippen molar-refractivity contribution in [2.45, 2.75) is 0 Å². The number of thiophene rings is 1. The predicted molar refractivity (Wildman–Crippen MR) is 249 cm³/mol. The van der Waals surface area contributed by atoms with Gasteiger partial charge in [0.1, 0.15) is 11.2 Å². The Kier molecular flexibility index (Phi) is 6.75. The number of hydrogen-bond donors (Lipinski definition) is 0. The van der Waals surface area contributed by atoms with E-state index in [1.54, 1.807) is 0 Å². The van der Waals surface area contributed by atoms with Crippen LogP contribution >= 0.6 is 11.3 Å². The average Bonchev–Trinajstić information content (AvgIpc) is 3.95. The molecule has 0 atom stereocenters. The fourth-order valence-electron chi connectivity index (χ4n) is 9.49. The third-order valence-electron chi connectivity index (χ3n) is 12.3. The van der Waals surface area contributed by atoms with E-state index in [1.807, 2.05) is 53.8 Å². The standard InChI is InChI=1S/C55H31NO2S/c57-55-44-13-2-4-17-50(44)58-51-23-19-36(30-47(51)55)32-8-5-9-33(26-32)37-20-24-52-45(28-37)46-29-38(21-25-53(46)59-52)34-10-6-11-35(27-34)39-18-22-41-43-15-7-14-42-40-12-1-3-16-48(40)56(54(42)43)49(41)31-39/h1-31H. The van der Waals surface area contributed by atoms with Gasteiger partial charge in [0.25, 0.3) is 0 Å². The molecule has 0 radical (unpaired) electrons. The van der Waals surface area contributed by atoms with Gasteiger partial charge in [-0.3, -0.25) is 4.79 Å². The SMILES string of the molecule is O=c1c2ccccc2oc2ccc(-c3cccc(-c4ccc5sc6ccc(-c7cccc(-c8ccc9c%10cccc%11c%12ccccc%12n(c9c8)c%11%10)c7)cc6c5c4)c3)cc12. The molecule has 9 aromatic carbocycles. The fraction of sp³-hybridized carbons (Fsp3) is 0. The van der Waals surface area contributed by atoms with E-state index in [9.17, 15) is 4.79 Å². The van der Waals surface area contributed by atoms with Crippen molar-refractivity contribution in [3.63, 3.8) is 0 Å². The molecule has 0 spiro atoms. The molecule has 13 aromatic rings. The second kappa shape index (κ2) is 12.2. The molecule has 0 unspecified atom stereocenters. The molecular formula is C55H31NO2S. The zero-order valence-corrected chi connectivity index (χ0v) is 32.4. The minimum Gasteiger partial charge on any atom is -0.456 e. The Hall–Kier alpha value is -7.53. The molecule has 59 heavy (non-hydrogen) atoms. The largest absolute Gasteiger partial charge is 0.456 e. The van der Waals surface area contributed by atoms with Gasteiger partial charge in [-0.1, -0.05) is 115 Å². The summed E-state index contributed by atoms with van der Waals surface area (Å²) >= 11 is 1.84. The summed E-state index contributed by atoms with van der Waals surface area (Å²) in [6.07, 6.45) is 0. The average molecular weight is 770 g/mol. The highest BCUT2D eigenvalue weighted by Crippen LogP contribution is 2.42. The lowest BCUT2D eigenvalue weighted by molar-refractivity contribution is 0.660. The maximum absolute atomic E-state index is 13.4. The highest BCUT2D eigenvalue weighted by Gasteiger charge is 2.18. The second-order valence-electron chi connectivity index (χ2n) is 15.6. The van der Waals surface area contributed by atoms with Crippen LogP contribution in [0.4, 0.5) is 0 Å². The molecule has 13 rings (SSSR count). The quantitative estimate of drug-likeness (QED) is 0.167. The predicted octanol–water partition coefficient (Wildman–Crippen LogP) is 15.1. The van der Waals surface area contributed by atoms with Crippen molar-refractivity contribution in [3.05, 3.63) is 198 Å². The Morgan fingerprint density at radius 1 is 0.339 bits per heavy atom. The van der Waals surface area contributed by atoms with Gasteiger partial charge in [0.2, 0.25) is 5.43 Å². The maximum atomic E-state index is 13.4. The van der Waals surface area contributed by atoms with Gasteiger partial charge in [-0.05, 0) is 117 Å². The smallest absolute Gasteiger partial charge is 0.200 e. The lowest BCUT2D eigenvalue weighted by Gasteiger charge is -2.09. The molecule has 0 bridgehead atoms. The summed E-state index contributed by atoms with van der Waals surface area (Å²) in [7, 11) is 0. The summed E-state index contributed by atoms with van der Waals surface area (Å²) in [6.45, 7) is 0. The van der Waals surface area contributed by atoms with Crippen molar-refractivity contribution in [2.24, 2.45) is 0 Å². The molecule has 0 aliphatic heterocycles. The monoisotopic (exact) mass is 769 g/mol. The number of nitrogens with zero attached hydrogens (tertiary/aromatic N) is 1. The molecule has 0 amide bonds. The number of aromatic nitrogens is 1. The molecular weight excluding hydrogens is 739 g/mol. The molecule has 274 valence electrons. The molecule has 0 saturated carbocycles. The van der Waals surface area contributed by atoms with Gasteiger partial charge in [0.15, 0.2) is 0 Å². The zero-order valence-electron chi connectivity index (χ0n) is 31.6. The van der Waals surface area contributed by atoms with Gasteiger partial charge in [-0.2, -0.15) is 0 Å². The van der Waals surface area contributed by atoms with Crippen LogP contribution in [0.5, 0.6) is 0 Å². The third kappa shape index (κ3) is 4.84. The Balaban J connectivity index is 0.876. The minimum atomic E-state index is -0.00744. The number of benzene rings is 9. The highest BCUT2D eigenvalue weighted by molar-refractivity contribution is 7.25. The Labute approximate surface area is 341 Å². The van der Waals surface area contributed by atoms with Gasteiger partial charge in [-0.15, -0.1) is 11.3 Å². The Morgan fingerprint density at radius 2 is 0.814 bits per heavy atom. The lowest BCUT2D eigenvalue weighted by Crippen LogP contribution is -2.01. The normalized spacial score (nSPS) is 12.1. The van der Waals surface area contributed by atoms with Crippen LogP contribution in [0.3, 0.4) is 0 Å². The van der Waals surface area contributed by atoms with Crippen molar-refractivity contribution in [1.82, 2.24) is 4.40 Å². The van der Waals surface area contributed by atoms with Crippen LogP contribution in [0.15, 0.2) is 197 Å². The van der Waals surface area contributed by atoms with Gasteiger partial charge >= 0.3 is 0 Å². The van der Waals surface area contributed by atoms with Crippen LogP contribution in [0.25, 0.3) is 125 Å². The third-order valence-corrected chi connectivity index (χ3v) is 13.5. The first-order chi connectivity index (χ1) is 29.1. The van der Waals surface area contributed by atoms with E-state index in [0.29, 0.717) is 21.9 Å². The molecule has 0 fully saturated rings. The molecule has 0 N–H and O–H groups in total. The van der Waals surface area contributed by atoms with Crippen molar-refractivity contribution >= 4 is 91.5 Å². The van der Waals surface area contributed by atoms with E-state index < -0.39 is 0 Å². The van der Waals surface area contributed by atoms with Crippen LogP contribution in [0, 0.1) is 0 Å². The molecule has 4 heterocycles. The summed E-state index contributed by atoms with van der Waals surface area (Å²) in [5.74, 6) is 0. The minimum absolute atomic E-state index is 0.00744. The molecule has 0 aliphatic rings. The van der Waals surface area contributed by atoms with Crippen LogP contribution in [0.2, 0.25) is 0 Å². The van der Waals surface area contributed by atoms with Crippen molar-refractivity contribution < 1.29 is 4.42 Å². The van der Waals surface area contributed by atoms with Crippen LogP contribution in [0.1, 0.15) is 0 Å². The van der Waals surface area contributed by atoms with E-state index >= 15 is 0 Å². The zero-order chi connectivity index (χ0) is 38.8. The Bertz CT molecular complexity index is 3940. The fourth-order valence-corrected chi connectivity index (χ4v) is 10.6. The number of hydrogen-bond acceptors (Lipinski definition) is 3. The lowest BCUT2D eigenvalue weighted by atomic mass is 9.96. The van der Waals surface area contributed by atoms with E-state index in [-0.39, 0.29) is 5.43 Å². The number of fused-ring (bicyclic) bond motifs is 11. The van der Waals surface area contributed by atoms with Gasteiger partial charge in [-0.25, -0.2) is 0 Å². The van der Waals surface area contributed by atoms with Crippen LogP contribution in [-0.2, 0) is 0 Å². The number of rotatable bonds is 4. The van der Waals surface area contributed by atoms with Crippen molar-refractivity contribution in [3.8, 4) is 44.5 Å².